The first-order valence-electron chi connectivity index (χ1n) is 3.81. The highest BCUT2D eigenvalue weighted by Crippen LogP contribution is 2.12. The third-order valence-corrected chi connectivity index (χ3v) is 1.67. The Hall–Kier alpha value is -1.26. The Kier molecular flexibility index (Phi) is 2.90. The number of nitrogens with zero attached hydrogens (tertiary/aromatic N) is 1. The molecule has 0 spiro atoms. The van der Waals surface area contributed by atoms with E-state index < -0.39 is 0 Å². The average molecular weight is 173 g/mol. The van der Waals surface area contributed by atoms with Crippen molar-refractivity contribution in [3.63, 3.8) is 0 Å². The number of hydrogen-bond acceptors (Lipinski definition) is 2. The summed E-state index contributed by atoms with van der Waals surface area (Å²) in [6.07, 6.45) is 1.18. The normalized spacial score (nSPS) is 10.2. The number of alkyl halides is 1. The van der Waals surface area contributed by atoms with Crippen molar-refractivity contribution in [2.24, 2.45) is 0 Å². The number of aromatic amines is 1. The molecule has 1 rings (SSSR count). The summed E-state index contributed by atoms with van der Waals surface area (Å²) in [5.41, 5.74) is 0.561. The second kappa shape index (κ2) is 3.94. The number of carbonyl (C=O) groups is 1. The van der Waals surface area contributed by atoms with Crippen LogP contribution in [0.1, 0.15) is 16.9 Å². The number of nitrogens with one attached hydrogen (secondary N) is 2. The molecule has 5 heteroatoms. The Bertz CT molecular complexity index is 254. The maximum absolute atomic E-state index is 11.7. The van der Waals surface area contributed by atoms with E-state index >= 15 is 0 Å². The van der Waals surface area contributed by atoms with Gasteiger partial charge in [0.15, 0.2) is 6.29 Å². The van der Waals surface area contributed by atoms with E-state index in [1.165, 1.54) is 0 Å². The predicted molar refractivity (Wildman–Crippen MR) is 44.3 cm³/mol. The highest BCUT2D eigenvalue weighted by atomic mass is 19.1. The van der Waals surface area contributed by atoms with Crippen LogP contribution in [0.25, 0.3) is 0 Å². The minimum Gasteiger partial charge on any atom is -0.372 e. The molecule has 0 radical (unpaired) electrons. The zero-order chi connectivity index (χ0) is 8.97. The summed E-state index contributed by atoms with van der Waals surface area (Å²) in [6.45, 7) is 0.162. The first kappa shape index (κ1) is 8.83. The molecule has 0 unspecified atom stereocenters. The van der Waals surface area contributed by atoms with Gasteiger partial charge >= 0.3 is 0 Å². The molecule has 12 heavy (non-hydrogen) atoms. The molecule has 68 valence electrons. The van der Waals surface area contributed by atoms with E-state index in [2.05, 4.69) is 10.4 Å². The SMILES string of the molecule is CNc1[nH]n(CCCF)c1C=O. The maximum atomic E-state index is 11.7. The zero-order valence-electron chi connectivity index (χ0n) is 6.93. The lowest BCUT2D eigenvalue weighted by Gasteiger charge is -2.18. The summed E-state index contributed by atoms with van der Waals surface area (Å²) in [7, 11) is 1.72. The molecular formula is C7H12FN3O. The van der Waals surface area contributed by atoms with E-state index in [1.54, 1.807) is 11.7 Å². The molecule has 0 aliphatic carbocycles. The van der Waals surface area contributed by atoms with Crippen LogP contribution in [0.3, 0.4) is 0 Å². The second-order valence-electron chi connectivity index (χ2n) is 2.43. The van der Waals surface area contributed by atoms with Crippen molar-refractivity contribution >= 4 is 12.1 Å². The lowest BCUT2D eigenvalue weighted by atomic mass is 10.3. The van der Waals surface area contributed by atoms with Crippen LogP contribution in [0.5, 0.6) is 0 Å². The fourth-order valence-corrected chi connectivity index (χ4v) is 1.04. The number of H-pyrrole nitrogens is 1. The summed E-state index contributed by atoms with van der Waals surface area (Å²) in [5.74, 6) is 0.698. The van der Waals surface area contributed by atoms with E-state index in [0.29, 0.717) is 24.5 Å². The van der Waals surface area contributed by atoms with Crippen molar-refractivity contribution in [3.8, 4) is 0 Å². The molecular weight excluding hydrogens is 161 g/mol. The average Bonchev–Trinajstić information content (AvgIpc) is 2.04. The Balaban J connectivity index is 2.57. The highest BCUT2D eigenvalue weighted by Gasteiger charge is 2.10. The molecule has 4 nitrogen and oxygen atoms in total. The van der Waals surface area contributed by atoms with E-state index in [1.807, 2.05) is 0 Å². The van der Waals surface area contributed by atoms with Gasteiger partial charge in [0.2, 0.25) is 0 Å². The van der Waals surface area contributed by atoms with Gasteiger partial charge in [0.1, 0.15) is 11.5 Å². The molecule has 1 heterocycles. The van der Waals surface area contributed by atoms with Gasteiger partial charge in [0.25, 0.3) is 0 Å². The van der Waals surface area contributed by atoms with Gasteiger partial charge in [-0.3, -0.25) is 19.0 Å². The van der Waals surface area contributed by atoms with Crippen LogP contribution in [0.4, 0.5) is 10.2 Å². The molecule has 0 fully saturated rings. The van der Waals surface area contributed by atoms with Crippen molar-refractivity contribution in [3.05, 3.63) is 5.69 Å². The Morgan fingerprint density at radius 3 is 3.00 bits per heavy atom. The maximum Gasteiger partial charge on any atom is 0.171 e. The smallest absolute Gasteiger partial charge is 0.171 e. The summed E-state index contributed by atoms with van der Waals surface area (Å²) in [4.78, 5) is 10.5. The molecule has 2 N–H and O–H groups in total. The number of rotatable bonds is 5. The Morgan fingerprint density at radius 2 is 2.50 bits per heavy atom. The van der Waals surface area contributed by atoms with Gasteiger partial charge in [-0.15, -0.1) is 0 Å². The number of aromatic nitrogens is 2. The number of hydrogen-bond donors (Lipinski definition) is 2. The van der Waals surface area contributed by atoms with Crippen LogP contribution >= 0.6 is 0 Å². The lowest BCUT2D eigenvalue weighted by molar-refractivity contribution is 0.110. The van der Waals surface area contributed by atoms with Gasteiger partial charge in [-0.2, -0.15) is 0 Å². The molecule has 1 aromatic heterocycles. The monoisotopic (exact) mass is 173 g/mol. The van der Waals surface area contributed by atoms with Gasteiger partial charge in [-0.1, -0.05) is 0 Å². The molecule has 1 aromatic rings. The quantitative estimate of drug-likeness (QED) is 0.653. The van der Waals surface area contributed by atoms with Crippen LogP contribution < -0.4 is 5.32 Å². The third kappa shape index (κ3) is 1.49. The molecule has 0 aliphatic rings. The lowest BCUT2D eigenvalue weighted by Crippen LogP contribution is -2.20. The molecule has 0 amide bonds. The van der Waals surface area contributed by atoms with Gasteiger partial charge in [0, 0.05) is 13.6 Å². The van der Waals surface area contributed by atoms with Crippen molar-refractivity contribution in [2.75, 3.05) is 19.0 Å². The minimum atomic E-state index is -0.362. The van der Waals surface area contributed by atoms with Gasteiger partial charge in [-0.25, -0.2) is 0 Å². The number of halogens is 1. The Morgan fingerprint density at radius 1 is 1.75 bits per heavy atom. The van der Waals surface area contributed by atoms with Gasteiger partial charge in [0.05, 0.1) is 6.67 Å². The number of aldehydes is 1. The summed E-state index contributed by atoms with van der Waals surface area (Å²) in [6, 6.07) is 0. The zero-order valence-corrected chi connectivity index (χ0v) is 6.93. The van der Waals surface area contributed by atoms with E-state index in [0.717, 1.165) is 6.29 Å². The molecule has 0 atom stereocenters. The van der Waals surface area contributed by atoms with Crippen molar-refractivity contribution in [1.82, 2.24) is 9.78 Å². The number of anilines is 1. The summed E-state index contributed by atoms with van der Waals surface area (Å²) < 4.78 is 13.4. The second-order valence-corrected chi connectivity index (χ2v) is 2.43. The molecule has 0 aromatic carbocycles. The standard InChI is InChI=1S/C7H12FN3O/c1-9-7-6(5-12)11(10-7)4-2-3-8/h5,9-10H,2-4H2,1H3. The van der Waals surface area contributed by atoms with Crippen LogP contribution in [-0.2, 0) is 6.54 Å². The van der Waals surface area contributed by atoms with Crippen molar-refractivity contribution in [2.45, 2.75) is 13.0 Å². The number of aryl methyl sites for hydroxylation is 1. The summed E-state index contributed by atoms with van der Waals surface area (Å²) >= 11 is 0. The molecule has 0 aliphatic heterocycles. The molecule has 0 saturated carbocycles. The fraction of sp³-hybridized carbons (Fsp3) is 0.571. The van der Waals surface area contributed by atoms with E-state index in [4.69, 9.17) is 0 Å². The van der Waals surface area contributed by atoms with Crippen LogP contribution in [0, 0.1) is 0 Å². The minimum absolute atomic E-state index is 0.362. The van der Waals surface area contributed by atoms with E-state index in [-0.39, 0.29) is 6.67 Å². The van der Waals surface area contributed by atoms with Gasteiger partial charge < -0.3 is 5.32 Å². The largest absolute Gasteiger partial charge is 0.372 e. The first-order chi connectivity index (χ1) is 5.83. The number of carbonyl (C=O) groups excluding carboxylic acids is 1. The molecule has 0 saturated heterocycles. The van der Waals surface area contributed by atoms with Gasteiger partial charge in [-0.05, 0) is 6.42 Å². The highest BCUT2D eigenvalue weighted by molar-refractivity contribution is 5.80. The van der Waals surface area contributed by atoms with Crippen LogP contribution in [0.15, 0.2) is 0 Å². The van der Waals surface area contributed by atoms with Crippen molar-refractivity contribution in [1.29, 1.82) is 0 Å². The third-order valence-electron chi connectivity index (χ3n) is 1.67. The van der Waals surface area contributed by atoms with Crippen molar-refractivity contribution < 1.29 is 9.18 Å². The molecule has 0 bridgehead atoms. The van der Waals surface area contributed by atoms with E-state index in [9.17, 15) is 9.18 Å². The topological polar surface area (TPSA) is 49.8 Å². The first-order valence-corrected chi connectivity index (χ1v) is 3.81. The Labute approximate surface area is 69.7 Å². The summed E-state index contributed by atoms with van der Waals surface area (Å²) in [5, 5.41) is 5.68. The van der Waals surface area contributed by atoms with Crippen LogP contribution in [-0.4, -0.2) is 29.8 Å². The predicted octanol–water partition coefficient (Wildman–Crippen LogP) is 1.03. The van der Waals surface area contributed by atoms with Crippen LogP contribution in [0.2, 0.25) is 0 Å². The fourth-order valence-electron chi connectivity index (χ4n) is 1.04.